The molecule has 0 aliphatic carbocycles. The van der Waals surface area contributed by atoms with Crippen LogP contribution in [0.3, 0.4) is 0 Å². The van der Waals surface area contributed by atoms with E-state index < -0.39 is 11.4 Å². The van der Waals surface area contributed by atoms with Crippen LogP contribution in [0.1, 0.15) is 19.4 Å². The van der Waals surface area contributed by atoms with Gasteiger partial charge in [0.1, 0.15) is 23.5 Å². The first-order chi connectivity index (χ1) is 6.84. The van der Waals surface area contributed by atoms with Crippen molar-refractivity contribution in [3.05, 3.63) is 11.9 Å². The number of nitrogens with one attached hydrogen (secondary N) is 1. The molecule has 1 aromatic heterocycles. The summed E-state index contributed by atoms with van der Waals surface area (Å²) in [7, 11) is 0. The smallest absolute Gasteiger partial charge is 0.242 e. The molecule has 0 radical (unpaired) electrons. The second kappa shape index (κ2) is 3.72. The van der Waals surface area contributed by atoms with E-state index in [1.807, 2.05) is 0 Å². The number of aromatic nitrogens is 2. The van der Waals surface area contributed by atoms with Crippen molar-refractivity contribution in [2.75, 3.05) is 11.1 Å². The number of carbonyl (C=O) groups excluding carboxylic acids is 1. The third-order valence-electron chi connectivity index (χ3n) is 2.17. The first-order valence-corrected chi connectivity index (χ1v) is 4.50. The zero-order valence-electron chi connectivity index (χ0n) is 9.03. The Bertz CT molecular complexity index is 388. The largest absolute Gasteiger partial charge is 0.383 e. The van der Waals surface area contributed by atoms with Crippen LogP contribution >= 0.6 is 0 Å². The van der Waals surface area contributed by atoms with Crippen molar-refractivity contribution in [2.24, 2.45) is 5.73 Å². The van der Waals surface area contributed by atoms with E-state index in [9.17, 15) is 4.79 Å². The number of hydrogen-bond acceptors (Lipinski definition) is 5. The van der Waals surface area contributed by atoms with E-state index in [0.29, 0.717) is 17.2 Å². The summed E-state index contributed by atoms with van der Waals surface area (Å²) in [5.41, 5.74) is 10.7. The van der Waals surface area contributed by atoms with Crippen molar-refractivity contribution >= 4 is 17.5 Å². The Morgan fingerprint density at radius 3 is 2.60 bits per heavy atom. The van der Waals surface area contributed by atoms with Gasteiger partial charge in [-0.2, -0.15) is 0 Å². The lowest BCUT2D eigenvalue weighted by Crippen LogP contribution is -2.45. The molecule has 1 rings (SSSR count). The van der Waals surface area contributed by atoms with Crippen LogP contribution in [0, 0.1) is 6.92 Å². The van der Waals surface area contributed by atoms with Gasteiger partial charge in [0.05, 0.1) is 0 Å². The zero-order chi connectivity index (χ0) is 11.6. The van der Waals surface area contributed by atoms with Crippen molar-refractivity contribution in [2.45, 2.75) is 26.3 Å². The Hall–Kier alpha value is -1.85. The number of anilines is 2. The van der Waals surface area contributed by atoms with Gasteiger partial charge in [0, 0.05) is 5.56 Å². The molecule has 82 valence electrons. The second-order valence-corrected chi connectivity index (χ2v) is 3.85. The standard InChI is InChI=1S/C9H15N5O/c1-5-6(10)12-4-13-7(5)14-9(2,3)8(11)15/h4H,1-3H3,(H2,11,15)(H3,10,12,13,14). The number of primary amides is 1. The fourth-order valence-electron chi connectivity index (χ4n) is 0.947. The number of nitrogens with zero attached hydrogens (tertiary/aromatic N) is 2. The zero-order valence-corrected chi connectivity index (χ0v) is 9.03. The van der Waals surface area contributed by atoms with E-state index in [1.54, 1.807) is 20.8 Å². The molecule has 0 spiro atoms. The maximum Gasteiger partial charge on any atom is 0.242 e. The van der Waals surface area contributed by atoms with Crippen molar-refractivity contribution in [1.29, 1.82) is 0 Å². The van der Waals surface area contributed by atoms with Crippen molar-refractivity contribution in [1.82, 2.24) is 9.97 Å². The van der Waals surface area contributed by atoms with Gasteiger partial charge in [-0.05, 0) is 20.8 Å². The fourth-order valence-corrected chi connectivity index (χ4v) is 0.947. The summed E-state index contributed by atoms with van der Waals surface area (Å²) in [5, 5.41) is 2.92. The minimum Gasteiger partial charge on any atom is -0.383 e. The van der Waals surface area contributed by atoms with Gasteiger partial charge in [-0.25, -0.2) is 9.97 Å². The number of hydrogen-bond donors (Lipinski definition) is 3. The molecule has 0 unspecified atom stereocenters. The quantitative estimate of drug-likeness (QED) is 0.651. The van der Waals surface area contributed by atoms with E-state index in [-0.39, 0.29) is 0 Å². The van der Waals surface area contributed by atoms with Gasteiger partial charge in [-0.15, -0.1) is 0 Å². The lowest BCUT2D eigenvalue weighted by molar-refractivity contribution is -0.121. The number of nitrogen functional groups attached to an aromatic ring is 1. The molecule has 0 fully saturated rings. The van der Waals surface area contributed by atoms with Gasteiger partial charge in [0.2, 0.25) is 5.91 Å². The van der Waals surface area contributed by atoms with E-state index in [1.165, 1.54) is 6.33 Å². The van der Waals surface area contributed by atoms with Crippen molar-refractivity contribution < 1.29 is 4.79 Å². The molecule has 5 N–H and O–H groups in total. The van der Waals surface area contributed by atoms with E-state index in [0.717, 1.165) is 0 Å². The molecule has 0 aliphatic rings. The molecule has 15 heavy (non-hydrogen) atoms. The SMILES string of the molecule is Cc1c(N)ncnc1NC(C)(C)C(N)=O. The lowest BCUT2D eigenvalue weighted by atomic mass is 10.1. The fraction of sp³-hybridized carbons (Fsp3) is 0.444. The summed E-state index contributed by atoms with van der Waals surface area (Å²) in [6.45, 7) is 5.12. The van der Waals surface area contributed by atoms with Gasteiger partial charge in [0.15, 0.2) is 0 Å². The summed E-state index contributed by atoms with van der Waals surface area (Å²) >= 11 is 0. The van der Waals surface area contributed by atoms with Crippen LogP contribution in [0.5, 0.6) is 0 Å². The monoisotopic (exact) mass is 209 g/mol. The number of carbonyl (C=O) groups is 1. The third kappa shape index (κ3) is 2.34. The van der Waals surface area contributed by atoms with Gasteiger partial charge in [-0.1, -0.05) is 0 Å². The Balaban J connectivity index is 3.00. The molecular formula is C9H15N5O. The summed E-state index contributed by atoms with van der Waals surface area (Å²) < 4.78 is 0. The lowest BCUT2D eigenvalue weighted by Gasteiger charge is -2.23. The first kappa shape index (κ1) is 11.2. The van der Waals surface area contributed by atoms with Gasteiger partial charge >= 0.3 is 0 Å². The molecule has 6 nitrogen and oxygen atoms in total. The topological polar surface area (TPSA) is 107 Å². The molecule has 0 bridgehead atoms. The molecule has 0 aromatic carbocycles. The summed E-state index contributed by atoms with van der Waals surface area (Å²) in [5.74, 6) is 0.443. The van der Waals surface area contributed by atoms with Crippen LogP contribution in [0.4, 0.5) is 11.6 Å². The Labute approximate surface area is 88.1 Å². The summed E-state index contributed by atoms with van der Waals surface area (Å²) in [4.78, 5) is 18.9. The molecule has 0 saturated carbocycles. The molecule has 0 aliphatic heterocycles. The van der Waals surface area contributed by atoms with E-state index >= 15 is 0 Å². The predicted octanol–water partition coefficient (Wildman–Crippen LogP) is 0.0430. The van der Waals surface area contributed by atoms with Crippen LogP contribution in [-0.2, 0) is 4.79 Å². The maximum absolute atomic E-state index is 11.1. The Kier molecular flexibility index (Phi) is 2.78. The molecular weight excluding hydrogens is 194 g/mol. The number of nitrogens with two attached hydrogens (primary N) is 2. The Morgan fingerprint density at radius 1 is 1.47 bits per heavy atom. The van der Waals surface area contributed by atoms with Crippen LogP contribution in [-0.4, -0.2) is 21.4 Å². The highest BCUT2D eigenvalue weighted by molar-refractivity contribution is 5.87. The predicted molar refractivity (Wildman–Crippen MR) is 58.1 cm³/mol. The van der Waals surface area contributed by atoms with Crippen LogP contribution in [0.15, 0.2) is 6.33 Å². The van der Waals surface area contributed by atoms with Crippen molar-refractivity contribution in [3.8, 4) is 0 Å². The maximum atomic E-state index is 11.1. The third-order valence-corrected chi connectivity index (χ3v) is 2.17. The van der Waals surface area contributed by atoms with Crippen LogP contribution in [0.2, 0.25) is 0 Å². The average Bonchev–Trinajstić information content (AvgIpc) is 2.12. The second-order valence-electron chi connectivity index (χ2n) is 3.85. The van der Waals surface area contributed by atoms with Crippen molar-refractivity contribution in [3.63, 3.8) is 0 Å². The molecule has 1 amide bonds. The minimum absolute atomic E-state index is 0.382. The first-order valence-electron chi connectivity index (χ1n) is 4.50. The molecule has 1 aromatic rings. The molecule has 6 heteroatoms. The average molecular weight is 209 g/mol. The molecule has 1 heterocycles. The van der Waals surface area contributed by atoms with Gasteiger partial charge in [-0.3, -0.25) is 4.79 Å². The highest BCUT2D eigenvalue weighted by Crippen LogP contribution is 2.19. The van der Waals surface area contributed by atoms with Gasteiger partial charge in [0.25, 0.3) is 0 Å². The highest BCUT2D eigenvalue weighted by atomic mass is 16.1. The summed E-state index contributed by atoms with van der Waals surface area (Å²) in [6, 6.07) is 0. The van der Waals surface area contributed by atoms with Crippen LogP contribution in [0.25, 0.3) is 0 Å². The van der Waals surface area contributed by atoms with E-state index in [2.05, 4.69) is 15.3 Å². The molecule has 0 atom stereocenters. The van der Waals surface area contributed by atoms with Crippen LogP contribution < -0.4 is 16.8 Å². The molecule has 0 saturated heterocycles. The van der Waals surface area contributed by atoms with Gasteiger partial charge < -0.3 is 16.8 Å². The normalized spacial score (nSPS) is 11.1. The summed E-state index contributed by atoms with van der Waals surface area (Å²) in [6.07, 6.45) is 1.34. The minimum atomic E-state index is -0.869. The number of amides is 1. The highest BCUT2D eigenvalue weighted by Gasteiger charge is 2.25. The number of rotatable bonds is 3. The Morgan fingerprint density at radius 2 is 2.07 bits per heavy atom. The van der Waals surface area contributed by atoms with E-state index in [4.69, 9.17) is 11.5 Å².